The highest BCUT2D eigenvalue weighted by Gasteiger charge is 2.41. The maximum atomic E-state index is 12.6. The monoisotopic (exact) mass is 372 g/mol. The molecule has 26 heavy (non-hydrogen) atoms. The van der Waals surface area contributed by atoms with Gasteiger partial charge in [0.1, 0.15) is 6.54 Å². The van der Waals surface area contributed by atoms with Crippen molar-refractivity contribution in [3.05, 3.63) is 30.6 Å². The molecule has 1 aliphatic heterocycles. The van der Waals surface area contributed by atoms with Crippen LogP contribution in [0.25, 0.3) is 11.0 Å². The van der Waals surface area contributed by atoms with Crippen molar-refractivity contribution in [3.8, 4) is 0 Å². The number of carbonyl (C=O) groups excluding carboxylic acids is 3. The smallest absolute Gasteiger partial charge is 0.289 e. The molecule has 4 rings (SSSR count). The Kier molecular flexibility index (Phi) is 4.67. The van der Waals surface area contributed by atoms with Crippen molar-refractivity contribution >= 4 is 39.8 Å². The number of aromatic nitrogens is 2. The summed E-state index contributed by atoms with van der Waals surface area (Å²) in [5.74, 6) is -0.0691. The summed E-state index contributed by atoms with van der Waals surface area (Å²) in [7, 11) is 0. The zero-order valence-electron chi connectivity index (χ0n) is 14.3. The Morgan fingerprint density at radius 1 is 1.23 bits per heavy atom. The average molecular weight is 372 g/mol. The molecule has 1 saturated heterocycles. The Morgan fingerprint density at radius 2 is 2.04 bits per heavy atom. The normalized spacial score (nSPS) is 23.6. The third-order valence-electron chi connectivity index (χ3n) is 5.03. The number of hydrogen-bond acceptors (Lipinski definition) is 5. The maximum Gasteiger partial charge on any atom is 0.289 e. The van der Waals surface area contributed by atoms with Gasteiger partial charge in [0.05, 0.1) is 29.2 Å². The van der Waals surface area contributed by atoms with E-state index >= 15 is 0 Å². The molecule has 1 N–H and O–H groups in total. The third-order valence-corrected chi connectivity index (χ3v) is 5.87. The van der Waals surface area contributed by atoms with Gasteiger partial charge in [0.2, 0.25) is 11.8 Å². The second-order valence-electron chi connectivity index (χ2n) is 6.71. The van der Waals surface area contributed by atoms with E-state index in [9.17, 15) is 14.4 Å². The SMILES string of the molecule is O=C(Cn1cnc2ccccc21)NC1CCCCC1N1C(=O)CSC1=O. The molecule has 2 unspecified atom stereocenters. The molecule has 3 amide bonds. The number of imide groups is 1. The van der Waals surface area contributed by atoms with Gasteiger partial charge in [0.15, 0.2) is 0 Å². The fourth-order valence-electron chi connectivity index (χ4n) is 3.82. The maximum absolute atomic E-state index is 12.6. The van der Waals surface area contributed by atoms with Crippen LogP contribution in [0.4, 0.5) is 4.79 Å². The average Bonchev–Trinajstić information content (AvgIpc) is 3.19. The molecule has 136 valence electrons. The lowest BCUT2D eigenvalue weighted by molar-refractivity contribution is -0.129. The molecule has 0 spiro atoms. The molecule has 8 heteroatoms. The topological polar surface area (TPSA) is 84.3 Å². The molecule has 2 aromatic rings. The van der Waals surface area contributed by atoms with Gasteiger partial charge in [-0.2, -0.15) is 0 Å². The van der Waals surface area contributed by atoms with Crippen molar-refractivity contribution in [2.24, 2.45) is 0 Å². The van der Waals surface area contributed by atoms with Gasteiger partial charge in [-0.15, -0.1) is 0 Å². The van der Waals surface area contributed by atoms with Gasteiger partial charge >= 0.3 is 0 Å². The van der Waals surface area contributed by atoms with Gasteiger partial charge in [0.25, 0.3) is 5.24 Å². The molecule has 7 nitrogen and oxygen atoms in total. The minimum Gasteiger partial charge on any atom is -0.350 e. The van der Waals surface area contributed by atoms with Crippen molar-refractivity contribution in [2.45, 2.75) is 44.3 Å². The van der Waals surface area contributed by atoms with Crippen LogP contribution in [0.5, 0.6) is 0 Å². The van der Waals surface area contributed by atoms with Gasteiger partial charge in [-0.1, -0.05) is 36.7 Å². The first kappa shape index (κ1) is 17.1. The molecule has 1 saturated carbocycles. The van der Waals surface area contributed by atoms with Crippen LogP contribution in [-0.2, 0) is 16.1 Å². The van der Waals surface area contributed by atoms with Gasteiger partial charge < -0.3 is 9.88 Å². The van der Waals surface area contributed by atoms with Crippen LogP contribution in [0.15, 0.2) is 30.6 Å². The number of amides is 3. The lowest BCUT2D eigenvalue weighted by atomic mass is 9.89. The zero-order valence-corrected chi connectivity index (χ0v) is 15.1. The van der Waals surface area contributed by atoms with E-state index in [1.54, 1.807) is 6.33 Å². The number of nitrogens with zero attached hydrogens (tertiary/aromatic N) is 3. The molecule has 1 aromatic carbocycles. The molecule has 1 aromatic heterocycles. The summed E-state index contributed by atoms with van der Waals surface area (Å²) < 4.78 is 1.81. The van der Waals surface area contributed by atoms with Crippen molar-refractivity contribution in [1.29, 1.82) is 0 Å². The highest BCUT2D eigenvalue weighted by molar-refractivity contribution is 8.14. The van der Waals surface area contributed by atoms with E-state index in [-0.39, 0.29) is 41.4 Å². The van der Waals surface area contributed by atoms with Crippen LogP contribution in [0.1, 0.15) is 25.7 Å². The Bertz CT molecular complexity index is 849. The number of hydrogen-bond donors (Lipinski definition) is 1. The van der Waals surface area contributed by atoms with Crippen molar-refractivity contribution in [3.63, 3.8) is 0 Å². The second-order valence-corrected chi connectivity index (χ2v) is 7.63. The first-order valence-corrected chi connectivity index (χ1v) is 9.80. The molecular formula is C18H20N4O3S. The molecule has 2 fully saturated rings. The Balaban J connectivity index is 1.47. The van der Waals surface area contributed by atoms with Gasteiger partial charge in [-0.3, -0.25) is 19.3 Å². The van der Waals surface area contributed by atoms with Gasteiger partial charge in [0, 0.05) is 6.04 Å². The fourth-order valence-corrected chi connectivity index (χ4v) is 4.58. The van der Waals surface area contributed by atoms with E-state index in [1.165, 1.54) is 4.90 Å². The molecule has 2 atom stereocenters. The van der Waals surface area contributed by atoms with E-state index in [0.717, 1.165) is 48.5 Å². The summed E-state index contributed by atoms with van der Waals surface area (Å²) in [6.07, 6.45) is 5.14. The number of benzene rings is 1. The van der Waals surface area contributed by atoms with Crippen LogP contribution in [0.3, 0.4) is 0 Å². The minimum atomic E-state index is -0.234. The van der Waals surface area contributed by atoms with Crippen molar-refractivity contribution < 1.29 is 14.4 Å². The van der Waals surface area contributed by atoms with Gasteiger partial charge in [-0.05, 0) is 25.0 Å². The van der Waals surface area contributed by atoms with Crippen LogP contribution >= 0.6 is 11.8 Å². The summed E-state index contributed by atoms with van der Waals surface area (Å²) in [5, 5.41) is 2.85. The van der Waals surface area contributed by atoms with Crippen molar-refractivity contribution in [2.75, 3.05) is 5.75 Å². The summed E-state index contributed by atoms with van der Waals surface area (Å²) in [6.45, 7) is 0.167. The van der Waals surface area contributed by atoms with E-state index < -0.39 is 0 Å². The first-order valence-electron chi connectivity index (χ1n) is 8.81. The van der Waals surface area contributed by atoms with E-state index in [2.05, 4.69) is 10.3 Å². The molecule has 1 aliphatic carbocycles. The standard InChI is InChI=1S/C18H20N4O3S/c23-16(9-21-11-19-12-5-1-3-7-14(12)21)20-13-6-2-4-8-15(13)22-17(24)10-26-18(22)25/h1,3,5,7,11,13,15H,2,4,6,8-10H2,(H,20,23). The molecule has 0 radical (unpaired) electrons. The Morgan fingerprint density at radius 3 is 2.85 bits per heavy atom. The lowest BCUT2D eigenvalue weighted by Gasteiger charge is -2.36. The fraction of sp³-hybridized carbons (Fsp3) is 0.444. The molecule has 0 bridgehead atoms. The van der Waals surface area contributed by atoms with E-state index in [0.29, 0.717) is 0 Å². The van der Waals surface area contributed by atoms with Gasteiger partial charge in [-0.25, -0.2) is 4.98 Å². The highest BCUT2D eigenvalue weighted by Crippen LogP contribution is 2.30. The molecule has 2 heterocycles. The summed E-state index contributed by atoms with van der Waals surface area (Å²) in [5.41, 5.74) is 1.75. The van der Waals surface area contributed by atoms with Crippen molar-refractivity contribution in [1.82, 2.24) is 19.8 Å². The molecular weight excluding hydrogens is 352 g/mol. The number of nitrogens with one attached hydrogen (secondary N) is 1. The predicted octanol–water partition coefficient (Wildman–Crippen LogP) is 2.16. The largest absolute Gasteiger partial charge is 0.350 e. The number of fused-ring (bicyclic) bond motifs is 1. The quantitative estimate of drug-likeness (QED) is 0.889. The van der Waals surface area contributed by atoms with Crippen LogP contribution in [-0.4, -0.2) is 49.3 Å². The number of rotatable bonds is 4. The minimum absolute atomic E-state index is 0.128. The summed E-state index contributed by atoms with van der Waals surface area (Å²) in [6, 6.07) is 7.24. The lowest BCUT2D eigenvalue weighted by Crippen LogP contribution is -2.55. The molecule has 2 aliphatic rings. The second kappa shape index (κ2) is 7.11. The van der Waals surface area contributed by atoms with E-state index in [4.69, 9.17) is 0 Å². The van der Waals surface area contributed by atoms with E-state index in [1.807, 2.05) is 28.8 Å². The number of imidazole rings is 1. The Hall–Kier alpha value is -2.35. The third kappa shape index (κ3) is 3.21. The number of carbonyl (C=O) groups is 3. The van der Waals surface area contributed by atoms with Crippen LogP contribution < -0.4 is 5.32 Å². The zero-order chi connectivity index (χ0) is 18.1. The predicted molar refractivity (Wildman–Crippen MR) is 98.6 cm³/mol. The first-order chi connectivity index (χ1) is 12.6. The number of para-hydroxylation sites is 2. The van der Waals surface area contributed by atoms with Crippen LogP contribution in [0, 0.1) is 0 Å². The Labute approximate surface area is 155 Å². The number of thioether (sulfide) groups is 1. The van der Waals surface area contributed by atoms with Crippen LogP contribution in [0.2, 0.25) is 0 Å². The highest BCUT2D eigenvalue weighted by atomic mass is 32.2. The summed E-state index contributed by atoms with van der Waals surface area (Å²) in [4.78, 5) is 42.4. The summed E-state index contributed by atoms with van der Waals surface area (Å²) >= 11 is 1.05.